The minimum atomic E-state index is -0.441. The molecule has 18 heavy (non-hydrogen) atoms. The third-order valence-electron chi connectivity index (χ3n) is 2.36. The van der Waals surface area contributed by atoms with E-state index >= 15 is 0 Å². The molecule has 100 valence electrons. The van der Waals surface area contributed by atoms with Gasteiger partial charge >= 0.3 is 5.97 Å². The fourth-order valence-electron chi connectivity index (χ4n) is 1.48. The van der Waals surface area contributed by atoms with E-state index < -0.39 is 6.04 Å². The summed E-state index contributed by atoms with van der Waals surface area (Å²) in [6.45, 7) is 4.07. The quantitative estimate of drug-likeness (QED) is 0.774. The number of hydrogen-bond acceptors (Lipinski definition) is 6. The molecule has 0 saturated carbocycles. The molecule has 6 nitrogen and oxygen atoms in total. The molecular formula is C12H19N3O3. The topological polar surface area (TPSA) is 73.3 Å². The van der Waals surface area contributed by atoms with Crippen molar-refractivity contribution in [2.24, 2.45) is 5.92 Å². The third kappa shape index (κ3) is 4.20. The van der Waals surface area contributed by atoms with Crippen LogP contribution in [0.1, 0.15) is 20.3 Å². The molecule has 0 spiro atoms. The minimum Gasteiger partial charge on any atom is -0.494 e. The summed E-state index contributed by atoms with van der Waals surface area (Å²) in [4.78, 5) is 19.7. The molecule has 0 fully saturated rings. The first kappa shape index (κ1) is 14.2. The molecule has 0 aliphatic rings. The summed E-state index contributed by atoms with van der Waals surface area (Å²) in [6, 6.07) is -0.441. The fraction of sp³-hybridized carbons (Fsp3) is 0.583. The average Bonchev–Trinajstić information content (AvgIpc) is 2.37. The number of ether oxygens (including phenoxy) is 2. The lowest BCUT2D eigenvalue weighted by atomic mass is 10.0. The van der Waals surface area contributed by atoms with Gasteiger partial charge in [-0.2, -0.15) is 0 Å². The van der Waals surface area contributed by atoms with E-state index in [9.17, 15) is 4.79 Å². The van der Waals surface area contributed by atoms with Gasteiger partial charge in [0, 0.05) is 0 Å². The molecule has 1 unspecified atom stereocenters. The molecule has 6 heteroatoms. The van der Waals surface area contributed by atoms with Crippen LogP contribution in [0.5, 0.6) is 5.75 Å². The second-order valence-corrected chi connectivity index (χ2v) is 4.30. The molecule has 0 radical (unpaired) electrons. The Labute approximate surface area is 107 Å². The number of hydrogen-bond donors (Lipinski definition) is 1. The lowest BCUT2D eigenvalue weighted by molar-refractivity contribution is -0.141. The lowest BCUT2D eigenvalue weighted by Gasteiger charge is -2.18. The second kappa shape index (κ2) is 6.78. The summed E-state index contributed by atoms with van der Waals surface area (Å²) in [5.41, 5.74) is 0. The highest BCUT2D eigenvalue weighted by molar-refractivity contribution is 5.78. The standard InChI is InChI=1S/C12H19N3O3/c1-8(2)5-10(11(16)18-4)15-12-13-6-9(17-3)7-14-12/h6-8,10H,5H2,1-4H3,(H,13,14,15). The van der Waals surface area contributed by atoms with Gasteiger partial charge in [-0.15, -0.1) is 0 Å². The Hall–Kier alpha value is -1.85. The fourth-order valence-corrected chi connectivity index (χ4v) is 1.48. The smallest absolute Gasteiger partial charge is 0.328 e. The lowest BCUT2D eigenvalue weighted by Crippen LogP contribution is -2.32. The van der Waals surface area contributed by atoms with E-state index in [0.717, 1.165) is 0 Å². The Morgan fingerprint density at radius 2 is 1.94 bits per heavy atom. The first-order valence-electron chi connectivity index (χ1n) is 5.77. The third-order valence-corrected chi connectivity index (χ3v) is 2.36. The molecule has 0 aliphatic heterocycles. The number of nitrogens with one attached hydrogen (secondary N) is 1. The van der Waals surface area contributed by atoms with E-state index in [-0.39, 0.29) is 5.97 Å². The highest BCUT2D eigenvalue weighted by Gasteiger charge is 2.21. The summed E-state index contributed by atoms with van der Waals surface area (Å²) in [5.74, 6) is 0.994. The van der Waals surface area contributed by atoms with Crippen molar-refractivity contribution >= 4 is 11.9 Å². The van der Waals surface area contributed by atoms with Gasteiger partial charge in [-0.05, 0) is 12.3 Å². The van der Waals surface area contributed by atoms with Crippen molar-refractivity contribution in [1.29, 1.82) is 0 Å². The monoisotopic (exact) mass is 253 g/mol. The van der Waals surface area contributed by atoms with Crippen LogP contribution >= 0.6 is 0 Å². The van der Waals surface area contributed by atoms with Gasteiger partial charge in [0.2, 0.25) is 5.95 Å². The van der Waals surface area contributed by atoms with E-state index in [0.29, 0.717) is 24.0 Å². The van der Waals surface area contributed by atoms with Gasteiger partial charge in [0.05, 0.1) is 26.6 Å². The maximum Gasteiger partial charge on any atom is 0.328 e. The van der Waals surface area contributed by atoms with E-state index in [4.69, 9.17) is 9.47 Å². The van der Waals surface area contributed by atoms with Crippen molar-refractivity contribution in [3.63, 3.8) is 0 Å². The molecule has 0 aromatic carbocycles. The van der Waals surface area contributed by atoms with Gasteiger partial charge < -0.3 is 14.8 Å². The van der Waals surface area contributed by atoms with Crippen molar-refractivity contribution in [1.82, 2.24) is 9.97 Å². The number of nitrogens with zero attached hydrogens (tertiary/aromatic N) is 2. The zero-order valence-corrected chi connectivity index (χ0v) is 11.1. The molecule has 1 heterocycles. The van der Waals surface area contributed by atoms with E-state index in [1.54, 1.807) is 19.5 Å². The van der Waals surface area contributed by atoms with Crippen LogP contribution in [0.2, 0.25) is 0 Å². The SMILES string of the molecule is COC(=O)C(CC(C)C)Nc1ncc(OC)cn1. The largest absolute Gasteiger partial charge is 0.494 e. The molecule has 1 rings (SSSR count). The van der Waals surface area contributed by atoms with Crippen LogP contribution in [0.4, 0.5) is 5.95 Å². The van der Waals surface area contributed by atoms with Gasteiger partial charge in [0.1, 0.15) is 6.04 Å². The predicted molar refractivity (Wildman–Crippen MR) is 67.5 cm³/mol. The number of aromatic nitrogens is 2. The molecule has 0 aliphatic carbocycles. The van der Waals surface area contributed by atoms with E-state index in [2.05, 4.69) is 15.3 Å². The number of carbonyl (C=O) groups is 1. The van der Waals surface area contributed by atoms with Crippen molar-refractivity contribution in [2.45, 2.75) is 26.3 Å². The first-order chi connectivity index (χ1) is 8.56. The van der Waals surface area contributed by atoms with Crippen LogP contribution in [-0.2, 0) is 9.53 Å². The maximum atomic E-state index is 11.6. The number of anilines is 1. The first-order valence-corrected chi connectivity index (χ1v) is 5.77. The van der Waals surface area contributed by atoms with Crippen molar-refractivity contribution < 1.29 is 14.3 Å². The van der Waals surface area contributed by atoms with Gasteiger partial charge in [0.25, 0.3) is 0 Å². The second-order valence-electron chi connectivity index (χ2n) is 4.30. The Morgan fingerprint density at radius 3 is 2.39 bits per heavy atom. The van der Waals surface area contributed by atoms with Crippen LogP contribution in [-0.4, -0.2) is 36.2 Å². The highest BCUT2D eigenvalue weighted by atomic mass is 16.5. The molecule has 1 N–H and O–H groups in total. The molecular weight excluding hydrogens is 234 g/mol. The molecule has 1 aromatic heterocycles. The van der Waals surface area contributed by atoms with E-state index in [1.807, 2.05) is 13.8 Å². The van der Waals surface area contributed by atoms with Gasteiger partial charge in [-0.1, -0.05) is 13.8 Å². The van der Waals surface area contributed by atoms with Crippen molar-refractivity contribution in [3.05, 3.63) is 12.4 Å². The summed E-state index contributed by atoms with van der Waals surface area (Å²) in [7, 11) is 2.91. The molecule has 1 atom stereocenters. The number of methoxy groups -OCH3 is 2. The molecule has 0 amide bonds. The van der Waals surface area contributed by atoms with Crippen LogP contribution in [0.3, 0.4) is 0 Å². The van der Waals surface area contributed by atoms with Crippen molar-refractivity contribution in [3.8, 4) is 5.75 Å². The van der Waals surface area contributed by atoms with Gasteiger partial charge in [0.15, 0.2) is 5.75 Å². The van der Waals surface area contributed by atoms with Crippen molar-refractivity contribution in [2.75, 3.05) is 19.5 Å². The zero-order chi connectivity index (χ0) is 13.5. The molecule has 0 bridgehead atoms. The molecule has 1 aromatic rings. The Bertz CT molecular complexity index is 379. The predicted octanol–water partition coefficient (Wildman–Crippen LogP) is 1.48. The van der Waals surface area contributed by atoms with Crippen LogP contribution in [0.15, 0.2) is 12.4 Å². The number of rotatable bonds is 6. The van der Waals surface area contributed by atoms with Crippen LogP contribution < -0.4 is 10.1 Å². The summed E-state index contributed by atoms with van der Waals surface area (Å²) >= 11 is 0. The van der Waals surface area contributed by atoms with Gasteiger partial charge in [-0.3, -0.25) is 0 Å². The zero-order valence-electron chi connectivity index (χ0n) is 11.1. The Balaban J connectivity index is 2.72. The van der Waals surface area contributed by atoms with Gasteiger partial charge in [-0.25, -0.2) is 14.8 Å². The normalized spacial score (nSPS) is 12.1. The van der Waals surface area contributed by atoms with Crippen LogP contribution in [0, 0.1) is 5.92 Å². The highest BCUT2D eigenvalue weighted by Crippen LogP contribution is 2.12. The summed E-state index contributed by atoms with van der Waals surface area (Å²) in [5, 5.41) is 2.96. The number of esters is 1. The maximum absolute atomic E-state index is 11.6. The Kier molecular flexibility index (Phi) is 5.35. The van der Waals surface area contributed by atoms with E-state index in [1.165, 1.54) is 7.11 Å². The summed E-state index contributed by atoms with van der Waals surface area (Å²) in [6.07, 6.45) is 3.74. The summed E-state index contributed by atoms with van der Waals surface area (Å²) < 4.78 is 9.71. The minimum absolute atomic E-state index is 0.317. The Morgan fingerprint density at radius 1 is 1.33 bits per heavy atom. The average molecular weight is 253 g/mol. The molecule has 0 saturated heterocycles. The number of carbonyl (C=O) groups excluding carboxylic acids is 1. The van der Waals surface area contributed by atoms with Crippen LogP contribution in [0.25, 0.3) is 0 Å².